The molecule has 1 amide bonds. The first-order valence-corrected chi connectivity index (χ1v) is 10.3. The van der Waals surface area contributed by atoms with Gasteiger partial charge in [-0.1, -0.05) is 18.2 Å². The molecule has 1 aliphatic heterocycles. The van der Waals surface area contributed by atoms with E-state index in [-0.39, 0.29) is 30.0 Å². The minimum atomic E-state index is -0.927. The number of carbonyl (C=O) groups is 3. The number of likely N-dealkylation sites (tertiary alicyclic amines) is 1. The van der Waals surface area contributed by atoms with Gasteiger partial charge in [0.2, 0.25) is 5.91 Å². The number of hydrogen-bond acceptors (Lipinski definition) is 4. The molecule has 5 nitrogen and oxygen atoms in total. The number of rotatable bonds is 9. The second kappa shape index (κ2) is 9.60. The number of nitrogens with zero attached hydrogens (tertiary/aromatic N) is 1. The molecule has 1 aliphatic rings. The molecule has 0 spiro atoms. The lowest BCUT2D eigenvalue weighted by atomic mass is 10.1. The molecule has 1 saturated heterocycles. The number of halogens is 1. The van der Waals surface area contributed by atoms with E-state index in [9.17, 15) is 18.8 Å². The van der Waals surface area contributed by atoms with Crippen molar-refractivity contribution in [2.45, 2.75) is 38.1 Å². The first-order valence-electron chi connectivity index (χ1n) is 9.49. The van der Waals surface area contributed by atoms with E-state index in [0.717, 1.165) is 11.3 Å². The van der Waals surface area contributed by atoms with Crippen molar-refractivity contribution in [2.24, 2.45) is 0 Å². The molecule has 29 heavy (non-hydrogen) atoms. The summed E-state index contributed by atoms with van der Waals surface area (Å²) in [5, 5.41) is 8.98. The molecule has 1 fully saturated rings. The summed E-state index contributed by atoms with van der Waals surface area (Å²) in [6, 6.07) is 9.26. The van der Waals surface area contributed by atoms with Crippen molar-refractivity contribution in [3.05, 3.63) is 69.7 Å². The van der Waals surface area contributed by atoms with Gasteiger partial charge in [0.05, 0.1) is 6.04 Å². The summed E-state index contributed by atoms with van der Waals surface area (Å²) in [6.45, 7) is 0.562. The molecule has 2 aromatic rings. The zero-order chi connectivity index (χ0) is 20.8. The van der Waals surface area contributed by atoms with Crippen molar-refractivity contribution in [1.29, 1.82) is 0 Å². The summed E-state index contributed by atoms with van der Waals surface area (Å²) in [4.78, 5) is 38.4. The lowest BCUT2D eigenvalue weighted by Crippen LogP contribution is -2.33. The third-order valence-corrected chi connectivity index (χ3v) is 5.97. The van der Waals surface area contributed by atoms with Gasteiger partial charge >= 0.3 is 5.97 Å². The first kappa shape index (κ1) is 20.9. The number of amides is 1. The van der Waals surface area contributed by atoms with Gasteiger partial charge in [-0.3, -0.25) is 9.59 Å². The standard InChI is InChI=1S/C22H22FNO4S/c23-16-4-1-3-15(13-16)14-18(25)8-6-17-7-11-21(26)24(17)12-2-5-19-9-10-20(29-19)22(27)28/h1,3-4,6,8-10,13,17H,2,5,7,11-12,14H2,(H,27,28)/b8-6+. The van der Waals surface area contributed by atoms with Gasteiger partial charge in [0, 0.05) is 24.3 Å². The molecule has 0 aliphatic carbocycles. The van der Waals surface area contributed by atoms with Gasteiger partial charge < -0.3 is 10.0 Å². The Bertz CT molecular complexity index is 936. The maximum Gasteiger partial charge on any atom is 0.345 e. The van der Waals surface area contributed by atoms with Crippen LogP contribution in [0.15, 0.2) is 48.6 Å². The maximum absolute atomic E-state index is 13.2. The van der Waals surface area contributed by atoms with Crippen LogP contribution in [-0.4, -0.2) is 40.3 Å². The van der Waals surface area contributed by atoms with Crippen molar-refractivity contribution in [2.75, 3.05) is 6.54 Å². The monoisotopic (exact) mass is 415 g/mol. The number of carbonyl (C=O) groups excluding carboxylic acids is 2. The lowest BCUT2D eigenvalue weighted by molar-refractivity contribution is -0.128. The highest BCUT2D eigenvalue weighted by Gasteiger charge is 2.28. The van der Waals surface area contributed by atoms with Gasteiger partial charge in [0.25, 0.3) is 0 Å². The molecule has 0 radical (unpaired) electrons. The highest BCUT2D eigenvalue weighted by atomic mass is 32.1. The van der Waals surface area contributed by atoms with Crippen LogP contribution < -0.4 is 0 Å². The van der Waals surface area contributed by atoms with Gasteiger partial charge in [-0.25, -0.2) is 9.18 Å². The van der Waals surface area contributed by atoms with Gasteiger partial charge in [0.1, 0.15) is 10.7 Å². The third kappa shape index (κ3) is 5.84. The highest BCUT2D eigenvalue weighted by molar-refractivity contribution is 7.13. The molecule has 0 saturated carbocycles. The van der Waals surface area contributed by atoms with Crippen LogP contribution in [0, 0.1) is 5.82 Å². The van der Waals surface area contributed by atoms with E-state index in [1.54, 1.807) is 29.2 Å². The zero-order valence-electron chi connectivity index (χ0n) is 15.8. The van der Waals surface area contributed by atoms with Crippen LogP contribution in [0.1, 0.15) is 39.4 Å². The fourth-order valence-corrected chi connectivity index (χ4v) is 4.31. The number of aryl methyl sites for hydroxylation is 1. The fraction of sp³-hybridized carbons (Fsp3) is 0.318. The Kier molecular flexibility index (Phi) is 6.93. The van der Waals surface area contributed by atoms with Crippen molar-refractivity contribution in [3.63, 3.8) is 0 Å². The summed E-state index contributed by atoms with van der Waals surface area (Å²) in [6.07, 6.45) is 5.93. The topological polar surface area (TPSA) is 74.7 Å². The summed E-state index contributed by atoms with van der Waals surface area (Å²) in [5.41, 5.74) is 0.621. The summed E-state index contributed by atoms with van der Waals surface area (Å²) < 4.78 is 13.2. The van der Waals surface area contributed by atoms with Crippen LogP contribution in [0.25, 0.3) is 0 Å². The van der Waals surface area contributed by atoms with Crippen LogP contribution in [0.2, 0.25) is 0 Å². The second-order valence-corrected chi connectivity index (χ2v) is 8.17. The predicted octanol–water partition coefficient (Wildman–Crippen LogP) is 3.88. The van der Waals surface area contributed by atoms with Crippen molar-refractivity contribution in [3.8, 4) is 0 Å². The molecular weight excluding hydrogens is 393 g/mol. The van der Waals surface area contributed by atoms with Crippen LogP contribution in [-0.2, 0) is 22.4 Å². The molecular formula is C22H22FNO4S. The number of aromatic carboxylic acids is 1. The Labute approximate surface area is 172 Å². The molecule has 1 N–H and O–H groups in total. The largest absolute Gasteiger partial charge is 0.477 e. The number of allylic oxidation sites excluding steroid dienone is 1. The molecule has 7 heteroatoms. The third-order valence-electron chi connectivity index (χ3n) is 4.84. The molecule has 0 bridgehead atoms. The van der Waals surface area contributed by atoms with Gasteiger partial charge in [-0.2, -0.15) is 0 Å². The van der Waals surface area contributed by atoms with Crippen molar-refractivity contribution < 1.29 is 23.9 Å². The van der Waals surface area contributed by atoms with E-state index in [0.29, 0.717) is 36.2 Å². The normalized spacial score (nSPS) is 16.7. The molecule has 3 rings (SSSR count). The quantitative estimate of drug-likeness (QED) is 0.631. The van der Waals surface area contributed by atoms with Gasteiger partial charge in [-0.05, 0) is 55.2 Å². The molecule has 1 atom stereocenters. The number of ketones is 1. The Balaban J connectivity index is 1.51. The van der Waals surface area contributed by atoms with E-state index in [1.165, 1.54) is 29.5 Å². The van der Waals surface area contributed by atoms with Crippen LogP contribution in [0.5, 0.6) is 0 Å². The average Bonchev–Trinajstić information content (AvgIpc) is 3.28. The summed E-state index contributed by atoms with van der Waals surface area (Å²) in [5.74, 6) is -1.36. The SMILES string of the molecule is O=C(/C=C/C1CCC(=O)N1CCCc1ccc(C(=O)O)s1)Cc1cccc(F)c1. The average molecular weight is 415 g/mol. The Hall–Kier alpha value is -2.80. The van der Waals surface area contributed by atoms with E-state index < -0.39 is 5.97 Å². The summed E-state index contributed by atoms with van der Waals surface area (Å²) >= 11 is 1.25. The van der Waals surface area contributed by atoms with E-state index in [1.807, 2.05) is 6.07 Å². The van der Waals surface area contributed by atoms with Gasteiger partial charge in [0.15, 0.2) is 5.78 Å². The van der Waals surface area contributed by atoms with E-state index in [2.05, 4.69) is 0 Å². The second-order valence-electron chi connectivity index (χ2n) is 7.00. The van der Waals surface area contributed by atoms with E-state index >= 15 is 0 Å². The summed E-state index contributed by atoms with van der Waals surface area (Å²) in [7, 11) is 0. The molecule has 1 unspecified atom stereocenters. The minimum Gasteiger partial charge on any atom is -0.477 e. The molecule has 1 aromatic carbocycles. The smallest absolute Gasteiger partial charge is 0.345 e. The zero-order valence-corrected chi connectivity index (χ0v) is 16.7. The Morgan fingerprint density at radius 2 is 2.10 bits per heavy atom. The highest BCUT2D eigenvalue weighted by Crippen LogP contribution is 2.22. The van der Waals surface area contributed by atoms with Crippen LogP contribution in [0.3, 0.4) is 0 Å². The minimum absolute atomic E-state index is 0.0645. The lowest BCUT2D eigenvalue weighted by Gasteiger charge is -2.22. The number of benzene rings is 1. The Morgan fingerprint density at radius 3 is 2.83 bits per heavy atom. The Morgan fingerprint density at radius 1 is 1.28 bits per heavy atom. The molecule has 152 valence electrons. The number of hydrogen-bond donors (Lipinski definition) is 1. The first-order chi connectivity index (χ1) is 13.9. The maximum atomic E-state index is 13.2. The molecule has 2 heterocycles. The number of carboxylic acid groups (broad SMARTS) is 1. The molecule has 1 aromatic heterocycles. The van der Waals surface area contributed by atoms with Gasteiger partial charge in [-0.15, -0.1) is 11.3 Å². The van der Waals surface area contributed by atoms with E-state index in [4.69, 9.17) is 5.11 Å². The van der Waals surface area contributed by atoms with Crippen LogP contribution in [0.4, 0.5) is 4.39 Å². The van der Waals surface area contributed by atoms with Crippen molar-refractivity contribution in [1.82, 2.24) is 4.90 Å². The van der Waals surface area contributed by atoms with Crippen LogP contribution >= 0.6 is 11.3 Å². The number of thiophene rings is 1. The fourth-order valence-electron chi connectivity index (χ4n) is 3.42. The van der Waals surface area contributed by atoms with Crippen molar-refractivity contribution >= 4 is 29.0 Å². The predicted molar refractivity (Wildman–Crippen MR) is 109 cm³/mol. The number of carboxylic acids is 1.